The smallest absolute Gasteiger partial charge is 0.296 e. The first-order valence-corrected chi connectivity index (χ1v) is 14.7. The van der Waals surface area contributed by atoms with Crippen LogP contribution >= 0.6 is 0 Å². The summed E-state index contributed by atoms with van der Waals surface area (Å²) < 4.78 is 35.0. The van der Waals surface area contributed by atoms with Gasteiger partial charge in [0.1, 0.15) is 0 Å². The number of aromatic nitrogens is 5. The number of anilines is 2. The molecule has 0 bridgehead atoms. The highest BCUT2D eigenvalue weighted by Crippen LogP contribution is 2.28. The molecule has 3 aliphatic rings. The van der Waals surface area contributed by atoms with Crippen molar-refractivity contribution in [2.24, 2.45) is 0 Å². The van der Waals surface area contributed by atoms with Crippen LogP contribution in [0.1, 0.15) is 57.2 Å². The molecule has 11 nitrogen and oxygen atoms in total. The lowest BCUT2D eigenvalue weighted by Crippen LogP contribution is -2.45. The molecule has 1 aromatic carbocycles. The minimum atomic E-state index is -2.80. The molecule has 3 fully saturated rings. The summed E-state index contributed by atoms with van der Waals surface area (Å²) in [5, 5.41) is 6.65. The van der Waals surface area contributed by atoms with Gasteiger partial charge in [-0.1, -0.05) is 18.6 Å². The summed E-state index contributed by atoms with van der Waals surface area (Å²) in [6.45, 7) is 4.73. The number of alkyl halides is 2. The average Bonchev–Trinajstić information content (AvgIpc) is 3.39. The Balaban J connectivity index is 1.18. The average molecular weight is 570 g/mol. The third-order valence-electron chi connectivity index (χ3n) is 8.13. The number of nitrogens with zero attached hydrogens (tertiary/aromatic N) is 7. The standard InChI is InChI=1S/C28H37F2N9O2/c29-24(30)25-33-21-6-2-3-7-22(21)39(25)28-35-26(34-27(36-28)38-14-16-41-17-15-38)32-20-10-8-19(9-11-20)31-23(40)18-37-12-4-1-5-13-37/h2-3,6-7,19-20,24H,1,4-5,8-18H2,(H,31,40)(H,32,34,35,36). The lowest BCUT2D eigenvalue weighted by Gasteiger charge is -2.31. The number of nitrogens with one attached hydrogen (secondary N) is 2. The van der Waals surface area contributed by atoms with E-state index >= 15 is 0 Å². The largest absolute Gasteiger partial charge is 0.378 e. The number of morpholine rings is 1. The summed E-state index contributed by atoms with van der Waals surface area (Å²) in [5.41, 5.74) is 0.958. The van der Waals surface area contributed by atoms with E-state index in [0.717, 1.165) is 51.6 Å². The van der Waals surface area contributed by atoms with Crippen LogP contribution in [0.2, 0.25) is 0 Å². The van der Waals surface area contributed by atoms with Gasteiger partial charge in [0.25, 0.3) is 6.43 Å². The maximum absolute atomic E-state index is 14.1. The van der Waals surface area contributed by atoms with E-state index in [4.69, 9.17) is 4.74 Å². The molecule has 13 heteroatoms. The fourth-order valence-electron chi connectivity index (χ4n) is 5.98. The van der Waals surface area contributed by atoms with Crippen molar-refractivity contribution >= 4 is 28.8 Å². The number of hydrogen-bond donors (Lipinski definition) is 2. The van der Waals surface area contributed by atoms with Crippen LogP contribution in [0.4, 0.5) is 20.7 Å². The van der Waals surface area contributed by atoms with Crippen molar-refractivity contribution in [3.63, 3.8) is 0 Å². The first kappa shape index (κ1) is 27.7. The molecule has 2 aliphatic heterocycles. The lowest BCUT2D eigenvalue weighted by atomic mass is 9.91. The van der Waals surface area contributed by atoms with Crippen molar-refractivity contribution in [1.82, 2.24) is 34.7 Å². The number of carbonyl (C=O) groups excluding carboxylic acids is 1. The van der Waals surface area contributed by atoms with Crippen LogP contribution in [0.25, 0.3) is 17.0 Å². The minimum Gasteiger partial charge on any atom is -0.378 e. The van der Waals surface area contributed by atoms with Gasteiger partial charge in [0.05, 0.1) is 30.8 Å². The molecule has 6 rings (SSSR count). The zero-order chi connectivity index (χ0) is 28.2. The first-order chi connectivity index (χ1) is 20.0. The predicted octanol–water partition coefficient (Wildman–Crippen LogP) is 3.31. The summed E-state index contributed by atoms with van der Waals surface area (Å²) >= 11 is 0. The highest BCUT2D eigenvalue weighted by molar-refractivity contribution is 5.78. The van der Waals surface area contributed by atoms with Crippen molar-refractivity contribution in [3.05, 3.63) is 30.1 Å². The van der Waals surface area contributed by atoms with E-state index in [1.54, 1.807) is 24.3 Å². The van der Waals surface area contributed by atoms with E-state index in [0.29, 0.717) is 55.8 Å². The summed E-state index contributed by atoms with van der Waals surface area (Å²) in [5.74, 6) is 0.552. The van der Waals surface area contributed by atoms with Gasteiger partial charge < -0.3 is 20.3 Å². The number of amides is 1. The van der Waals surface area contributed by atoms with E-state index in [2.05, 4.69) is 35.5 Å². The molecule has 0 radical (unpaired) electrons. The molecule has 1 aliphatic carbocycles. The molecular formula is C28H37F2N9O2. The van der Waals surface area contributed by atoms with Gasteiger partial charge in [-0.05, 0) is 63.7 Å². The van der Waals surface area contributed by atoms with Gasteiger partial charge in [-0.2, -0.15) is 15.0 Å². The van der Waals surface area contributed by atoms with Crippen LogP contribution < -0.4 is 15.5 Å². The topological polar surface area (TPSA) is 113 Å². The van der Waals surface area contributed by atoms with Gasteiger partial charge in [0, 0.05) is 25.2 Å². The van der Waals surface area contributed by atoms with Crippen molar-refractivity contribution < 1.29 is 18.3 Å². The first-order valence-electron chi connectivity index (χ1n) is 14.7. The molecule has 1 saturated carbocycles. The summed E-state index contributed by atoms with van der Waals surface area (Å²) in [7, 11) is 0. The normalized spacial score (nSPS) is 22.3. The van der Waals surface area contributed by atoms with Crippen LogP contribution in [0.15, 0.2) is 24.3 Å². The number of fused-ring (bicyclic) bond motifs is 1. The van der Waals surface area contributed by atoms with Crippen LogP contribution in [0, 0.1) is 0 Å². The number of ether oxygens (including phenoxy) is 1. The highest BCUT2D eigenvalue weighted by Gasteiger charge is 2.27. The molecule has 0 unspecified atom stereocenters. The van der Waals surface area contributed by atoms with Gasteiger partial charge in [-0.25, -0.2) is 13.8 Å². The van der Waals surface area contributed by atoms with Crippen LogP contribution in [-0.2, 0) is 9.53 Å². The van der Waals surface area contributed by atoms with Crippen LogP contribution in [-0.4, -0.2) is 93.3 Å². The second kappa shape index (κ2) is 12.6. The number of likely N-dealkylation sites (tertiary alicyclic amines) is 1. The van der Waals surface area contributed by atoms with E-state index in [1.165, 1.54) is 11.0 Å². The number of imidazole rings is 1. The van der Waals surface area contributed by atoms with Crippen molar-refractivity contribution in [3.8, 4) is 5.95 Å². The Morgan fingerprint density at radius 1 is 0.902 bits per heavy atom. The van der Waals surface area contributed by atoms with Gasteiger partial charge in [0.15, 0.2) is 5.82 Å². The summed E-state index contributed by atoms with van der Waals surface area (Å²) in [6.07, 6.45) is 4.13. The number of rotatable bonds is 8. The second-order valence-corrected chi connectivity index (χ2v) is 11.1. The Morgan fingerprint density at radius 2 is 1.61 bits per heavy atom. The van der Waals surface area contributed by atoms with Crippen LogP contribution in [0.5, 0.6) is 0 Å². The van der Waals surface area contributed by atoms with Gasteiger partial charge in [-0.3, -0.25) is 14.3 Å². The number of piperidine rings is 1. The van der Waals surface area contributed by atoms with Gasteiger partial charge >= 0.3 is 0 Å². The molecule has 0 atom stereocenters. The molecular weight excluding hydrogens is 532 g/mol. The molecule has 3 aromatic rings. The molecule has 220 valence electrons. The molecule has 2 aromatic heterocycles. The Kier molecular flexibility index (Phi) is 8.51. The van der Waals surface area contributed by atoms with Crippen LogP contribution in [0.3, 0.4) is 0 Å². The van der Waals surface area contributed by atoms with Crippen molar-refractivity contribution in [2.75, 3.05) is 56.2 Å². The fourth-order valence-corrected chi connectivity index (χ4v) is 5.98. The summed E-state index contributed by atoms with van der Waals surface area (Å²) in [6, 6.07) is 7.22. The zero-order valence-electron chi connectivity index (χ0n) is 23.1. The SMILES string of the molecule is O=C(CN1CCCCC1)NC1CCC(Nc2nc(N3CCOCC3)nc(-n3c(C(F)F)nc4ccccc43)n2)CC1. The number of para-hydroxylation sites is 2. The maximum atomic E-state index is 14.1. The molecule has 2 N–H and O–H groups in total. The van der Waals surface area contributed by atoms with E-state index < -0.39 is 12.2 Å². The number of carbonyl (C=O) groups is 1. The third-order valence-corrected chi connectivity index (χ3v) is 8.13. The number of benzene rings is 1. The fraction of sp³-hybridized carbons (Fsp3) is 0.607. The second-order valence-electron chi connectivity index (χ2n) is 11.1. The van der Waals surface area contributed by atoms with Gasteiger partial charge in [-0.15, -0.1) is 0 Å². The van der Waals surface area contributed by atoms with E-state index in [9.17, 15) is 13.6 Å². The van der Waals surface area contributed by atoms with E-state index in [1.807, 2.05) is 4.90 Å². The van der Waals surface area contributed by atoms with Gasteiger partial charge in [0.2, 0.25) is 23.8 Å². The Bertz CT molecular complexity index is 1330. The Labute approximate surface area is 237 Å². The zero-order valence-corrected chi connectivity index (χ0v) is 23.1. The molecule has 1 amide bonds. The number of halogens is 2. The molecule has 2 saturated heterocycles. The predicted molar refractivity (Wildman–Crippen MR) is 151 cm³/mol. The number of hydrogen-bond acceptors (Lipinski definition) is 9. The maximum Gasteiger partial charge on any atom is 0.296 e. The summed E-state index contributed by atoms with van der Waals surface area (Å²) in [4.78, 5) is 34.9. The molecule has 41 heavy (non-hydrogen) atoms. The molecule has 4 heterocycles. The lowest BCUT2D eigenvalue weighted by molar-refractivity contribution is -0.123. The van der Waals surface area contributed by atoms with E-state index in [-0.39, 0.29) is 23.9 Å². The quantitative estimate of drug-likeness (QED) is 0.422. The molecule has 0 spiro atoms. The highest BCUT2D eigenvalue weighted by atomic mass is 19.3. The van der Waals surface area contributed by atoms with Crippen molar-refractivity contribution in [2.45, 2.75) is 63.5 Å². The minimum absolute atomic E-state index is 0.0899. The Hall–Kier alpha value is -3.45. The monoisotopic (exact) mass is 569 g/mol. The van der Waals surface area contributed by atoms with Crippen molar-refractivity contribution in [1.29, 1.82) is 0 Å². The third kappa shape index (κ3) is 6.56. The Morgan fingerprint density at radius 3 is 2.37 bits per heavy atom.